The molecular weight excluding hydrogens is 250 g/mol. The van der Waals surface area contributed by atoms with Crippen molar-refractivity contribution in [3.05, 3.63) is 17.0 Å². The van der Waals surface area contributed by atoms with Crippen LogP contribution < -0.4 is 5.32 Å². The lowest BCUT2D eigenvalue weighted by Gasteiger charge is -2.26. The fourth-order valence-electron chi connectivity index (χ4n) is 3.11. The molecule has 0 saturated heterocycles. The standard InChI is InChI=1S/C16H29N3O/c1-11-15(12(2)19(18-11)16(3,4)5)10-17-13-6-8-14(20)9-7-13/h13-14,17,20H,6-10H2,1-5H3. The number of nitrogens with one attached hydrogen (secondary N) is 1. The lowest BCUT2D eigenvalue weighted by Crippen LogP contribution is -2.34. The highest BCUT2D eigenvalue weighted by Gasteiger charge is 2.22. The molecule has 1 aliphatic rings. The van der Waals surface area contributed by atoms with E-state index < -0.39 is 0 Å². The van der Waals surface area contributed by atoms with E-state index in [0.29, 0.717) is 6.04 Å². The molecular formula is C16H29N3O. The molecule has 0 aliphatic heterocycles. The Morgan fingerprint density at radius 1 is 1.20 bits per heavy atom. The van der Waals surface area contributed by atoms with Crippen molar-refractivity contribution in [2.45, 2.75) is 84.5 Å². The van der Waals surface area contributed by atoms with Crippen LogP contribution in [-0.4, -0.2) is 27.0 Å². The second kappa shape index (κ2) is 5.86. The normalized spacial score (nSPS) is 24.1. The SMILES string of the molecule is Cc1nn(C(C)(C)C)c(C)c1CNC1CCC(O)CC1. The van der Waals surface area contributed by atoms with Crippen LogP contribution in [0.4, 0.5) is 0 Å². The predicted octanol–water partition coefficient (Wildman–Crippen LogP) is 2.65. The number of aromatic nitrogens is 2. The average Bonchev–Trinajstić information content (AvgIpc) is 2.64. The number of hydrogen-bond acceptors (Lipinski definition) is 3. The molecule has 2 rings (SSSR count). The molecule has 0 bridgehead atoms. The summed E-state index contributed by atoms with van der Waals surface area (Å²) in [4.78, 5) is 0. The summed E-state index contributed by atoms with van der Waals surface area (Å²) in [6, 6.07) is 0.537. The fraction of sp³-hybridized carbons (Fsp3) is 0.812. The second-order valence-electron chi connectivity index (χ2n) is 7.12. The monoisotopic (exact) mass is 279 g/mol. The molecule has 2 N–H and O–H groups in total. The van der Waals surface area contributed by atoms with E-state index in [-0.39, 0.29) is 11.6 Å². The topological polar surface area (TPSA) is 50.1 Å². The molecule has 1 fully saturated rings. The zero-order valence-electron chi connectivity index (χ0n) is 13.5. The second-order valence-corrected chi connectivity index (χ2v) is 7.12. The van der Waals surface area contributed by atoms with Gasteiger partial charge in [0.1, 0.15) is 0 Å². The summed E-state index contributed by atoms with van der Waals surface area (Å²) < 4.78 is 2.13. The van der Waals surface area contributed by atoms with Gasteiger partial charge in [0.25, 0.3) is 0 Å². The van der Waals surface area contributed by atoms with Crippen molar-refractivity contribution in [3.8, 4) is 0 Å². The van der Waals surface area contributed by atoms with Gasteiger partial charge in [0.15, 0.2) is 0 Å². The highest BCUT2D eigenvalue weighted by Crippen LogP contribution is 2.23. The van der Waals surface area contributed by atoms with Gasteiger partial charge in [-0.15, -0.1) is 0 Å². The first-order chi connectivity index (χ1) is 9.29. The first-order valence-electron chi connectivity index (χ1n) is 7.76. The molecule has 0 spiro atoms. The van der Waals surface area contributed by atoms with Crippen molar-refractivity contribution >= 4 is 0 Å². The van der Waals surface area contributed by atoms with Crippen molar-refractivity contribution in [3.63, 3.8) is 0 Å². The van der Waals surface area contributed by atoms with Crippen LogP contribution in [0.2, 0.25) is 0 Å². The minimum absolute atomic E-state index is 0.0298. The van der Waals surface area contributed by atoms with E-state index in [0.717, 1.165) is 37.9 Å². The summed E-state index contributed by atoms with van der Waals surface area (Å²) in [6.07, 6.45) is 3.92. The molecule has 1 aromatic rings. The molecule has 0 atom stereocenters. The summed E-state index contributed by atoms with van der Waals surface area (Å²) in [5.41, 5.74) is 3.74. The fourth-order valence-corrected chi connectivity index (χ4v) is 3.11. The summed E-state index contributed by atoms with van der Waals surface area (Å²) in [6.45, 7) is 11.7. The van der Waals surface area contributed by atoms with Gasteiger partial charge in [-0.3, -0.25) is 4.68 Å². The van der Waals surface area contributed by atoms with E-state index in [4.69, 9.17) is 5.10 Å². The summed E-state index contributed by atoms with van der Waals surface area (Å²) in [7, 11) is 0. The molecule has 114 valence electrons. The van der Waals surface area contributed by atoms with Crippen LogP contribution in [0.3, 0.4) is 0 Å². The highest BCUT2D eigenvalue weighted by atomic mass is 16.3. The lowest BCUT2D eigenvalue weighted by molar-refractivity contribution is 0.116. The van der Waals surface area contributed by atoms with E-state index in [2.05, 4.69) is 44.6 Å². The minimum Gasteiger partial charge on any atom is -0.393 e. The molecule has 0 radical (unpaired) electrons. The van der Waals surface area contributed by atoms with Gasteiger partial charge in [-0.1, -0.05) is 0 Å². The molecule has 20 heavy (non-hydrogen) atoms. The number of nitrogens with zero attached hydrogens (tertiary/aromatic N) is 2. The molecule has 1 heterocycles. The van der Waals surface area contributed by atoms with Gasteiger partial charge in [-0.05, 0) is 60.3 Å². The third-order valence-corrected chi connectivity index (χ3v) is 4.34. The van der Waals surface area contributed by atoms with Crippen molar-refractivity contribution < 1.29 is 5.11 Å². The van der Waals surface area contributed by atoms with Gasteiger partial charge in [-0.25, -0.2) is 0 Å². The Morgan fingerprint density at radius 2 is 1.80 bits per heavy atom. The van der Waals surface area contributed by atoms with Gasteiger partial charge >= 0.3 is 0 Å². The Balaban J connectivity index is 2.01. The van der Waals surface area contributed by atoms with Gasteiger partial charge in [0.2, 0.25) is 0 Å². The quantitative estimate of drug-likeness (QED) is 0.894. The Bertz CT molecular complexity index is 451. The van der Waals surface area contributed by atoms with Crippen LogP contribution in [0.1, 0.15) is 63.4 Å². The number of hydrogen-bond donors (Lipinski definition) is 2. The third-order valence-electron chi connectivity index (χ3n) is 4.34. The zero-order chi connectivity index (χ0) is 14.9. The van der Waals surface area contributed by atoms with Gasteiger partial charge in [0, 0.05) is 23.8 Å². The van der Waals surface area contributed by atoms with Crippen LogP contribution in [0, 0.1) is 13.8 Å². The van der Waals surface area contributed by atoms with Gasteiger partial charge < -0.3 is 10.4 Å². The van der Waals surface area contributed by atoms with Crippen molar-refractivity contribution in [1.82, 2.24) is 15.1 Å². The Kier molecular flexibility index (Phi) is 4.55. The zero-order valence-corrected chi connectivity index (χ0v) is 13.5. The van der Waals surface area contributed by atoms with Crippen LogP contribution in [0.25, 0.3) is 0 Å². The maximum Gasteiger partial charge on any atom is 0.0641 e. The Hall–Kier alpha value is -0.870. The molecule has 4 nitrogen and oxygen atoms in total. The predicted molar refractivity (Wildman–Crippen MR) is 81.8 cm³/mol. The van der Waals surface area contributed by atoms with Crippen molar-refractivity contribution in [1.29, 1.82) is 0 Å². The molecule has 1 aromatic heterocycles. The largest absolute Gasteiger partial charge is 0.393 e. The maximum atomic E-state index is 9.55. The Morgan fingerprint density at radius 3 is 2.30 bits per heavy atom. The summed E-state index contributed by atoms with van der Waals surface area (Å²) in [5.74, 6) is 0. The first kappa shape index (κ1) is 15.5. The van der Waals surface area contributed by atoms with E-state index in [1.165, 1.54) is 11.3 Å². The molecule has 0 unspecified atom stereocenters. The van der Waals surface area contributed by atoms with Crippen LogP contribution >= 0.6 is 0 Å². The van der Waals surface area contributed by atoms with E-state index in [1.807, 2.05) is 0 Å². The Labute approximate surface area is 122 Å². The molecule has 0 aromatic carbocycles. The van der Waals surface area contributed by atoms with Gasteiger partial charge in [-0.2, -0.15) is 5.10 Å². The molecule has 1 aliphatic carbocycles. The first-order valence-corrected chi connectivity index (χ1v) is 7.76. The van der Waals surface area contributed by atoms with Crippen LogP contribution in [-0.2, 0) is 12.1 Å². The highest BCUT2D eigenvalue weighted by molar-refractivity contribution is 5.25. The summed E-state index contributed by atoms with van der Waals surface area (Å²) >= 11 is 0. The number of rotatable bonds is 3. The third kappa shape index (κ3) is 3.41. The van der Waals surface area contributed by atoms with Crippen molar-refractivity contribution in [2.75, 3.05) is 0 Å². The average molecular weight is 279 g/mol. The van der Waals surface area contributed by atoms with Gasteiger partial charge in [0.05, 0.1) is 17.3 Å². The van der Waals surface area contributed by atoms with E-state index in [9.17, 15) is 5.11 Å². The maximum absolute atomic E-state index is 9.55. The van der Waals surface area contributed by atoms with Crippen molar-refractivity contribution in [2.24, 2.45) is 0 Å². The molecule has 1 saturated carbocycles. The van der Waals surface area contributed by atoms with E-state index in [1.54, 1.807) is 0 Å². The minimum atomic E-state index is -0.0832. The number of aryl methyl sites for hydroxylation is 1. The summed E-state index contributed by atoms with van der Waals surface area (Å²) in [5, 5.41) is 17.9. The van der Waals surface area contributed by atoms with E-state index >= 15 is 0 Å². The smallest absolute Gasteiger partial charge is 0.0641 e. The lowest BCUT2D eigenvalue weighted by atomic mass is 9.93. The van der Waals surface area contributed by atoms with Crippen LogP contribution in [0.15, 0.2) is 0 Å². The molecule has 0 amide bonds. The molecule has 4 heteroatoms. The number of aliphatic hydroxyl groups is 1. The number of aliphatic hydroxyl groups excluding tert-OH is 1. The van der Waals surface area contributed by atoms with Crippen LogP contribution in [0.5, 0.6) is 0 Å².